The van der Waals surface area contributed by atoms with Crippen molar-refractivity contribution < 1.29 is 17.7 Å². The Kier molecular flexibility index (Phi) is 4.08. The summed E-state index contributed by atoms with van der Waals surface area (Å²) in [6.45, 7) is 1.82. The largest absolute Gasteiger partial charge is 0.416 e. The molecule has 0 spiro atoms. The summed E-state index contributed by atoms with van der Waals surface area (Å²) in [4.78, 5) is 4.09. The molecule has 2 rings (SSSR count). The van der Waals surface area contributed by atoms with Gasteiger partial charge in [0.1, 0.15) is 0 Å². The van der Waals surface area contributed by atoms with Gasteiger partial charge in [-0.3, -0.25) is 0 Å². The van der Waals surface area contributed by atoms with Crippen LogP contribution in [0.1, 0.15) is 35.8 Å². The third kappa shape index (κ3) is 3.16. The SMILES string of the molecule is CNC(C)c1nc(Cc2ccccc2C(F)(F)F)no1. The maximum atomic E-state index is 12.9. The molecule has 0 aliphatic rings. The number of halogens is 3. The lowest BCUT2D eigenvalue weighted by molar-refractivity contribution is -0.138. The molecule has 0 saturated heterocycles. The van der Waals surface area contributed by atoms with Gasteiger partial charge >= 0.3 is 6.18 Å². The lowest BCUT2D eigenvalue weighted by Gasteiger charge is -2.10. The molecule has 1 heterocycles. The Morgan fingerprint density at radius 1 is 1.30 bits per heavy atom. The van der Waals surface area contributed by atoms with Gasteiger partial charge in [-0.1, -0.05) is 23.4 Å². The topological polar surface area (TPSA) is 51.0 Å². The fourth-order valence-electron chi connectivity index (χ4n) is 1.76. The van der Waals surface area contributed by atoms with E-state index < -0.39 is 11.7 Å². The molecule has 20 heavy (non-hydrogen) atoms. The molecule has 0 fully saturated rings. The molecule has 1 aromatic carbocycles. The average molecular weight is 285 g/mol. The van der Waals surface area contributed by atoms with Gasteiger partial charge in [0.15, 0.2) is 5.82 Å². The normalized spacial score (nSPS) is 13.4. The summed E-state index contributed by atoms with van der Waals surface area (Å²) in [5.74, 6) is 0.589. The minimum absolute atomic E-state index is 0.0182. The van der Waals surface area contributed by atoms with Crippen molar-refractivity contribution in [2.45, 2.75) is 25.6 Å². The highest BCUT2D eigenvalue weighted by molar-refractivity contribution is 5.31. The Balaban J connectivity index is 2.25. The summed E-state index contributed by atoms with van der Waals surface area (Å²) in [5, 5.41) is 6.63. The fourth-order valence-corrected chi connectivity index (χ4v) is 1.76. The van der Waals surface area contributed by atoms with Crippen molar-refractivity contribution in [3.05, 3.63) is 47.1 Å². The smallest absolute Gasteiger partial charge is 0.338 e. The van der Waals surface area contributed by atoms with Crippen LogP contribution >= 0.6 is 0 Å². The Morgan fingerprint density at radius 2 is 2.00 bits per heavy atom. The van der Waals surface area contributed by atoms with E-state index in [-0.39, 0.29) is 23.9 Å². The summed E-state index contributed by atoms with van der Waals surface area (Å²) >= 11 is 0. The minimum Gasteiger partial charge on any atom is -0.338 e. The Bertz CT molecular complexity index is 580. The molecule has 0 bridgehead atoms. The van der Waals surface area contributed by atoms with E-state index in [0.717, 1.165) is 6.07 Å². The van der Waals surface area contributed by atoms with E-state index in [9.17, 15) is 13.2 Å². The van der Waals surface area contributed by atoms with E-state index in [4.69, 9.17) is 4.52 Å². The molecule has 1 aromatic heterocycles. The zero-order valence-corrected chi connectivity index (χ0v) is 11.0. The van der Waals surface area contributed by atoms with Crippen molar-refractivity contribution in [3.8, 4) is 0 Å². The van der Waals surface area contributed by atoms with Gasteiger partial charge in [-0.2, -0.15) is 18.2 Å². The van der Waals surface area contributed by atoms with E-state index in [0.29, 0.717) is 5.89 Å². The highest BCUT2D eigenvalue weighted by Crippen LogP contribution is 2.32. The summed E-state index contributed by atoms with van der Waals surface area (Å²) in [5.41, 5.74) is -0.544. The van der Waals surface area contributed by atoms with Crippen molar-refractivity contribution in [3.63, 3.8) is 0 Å². The zero-order valence-electron chi connectivity index (χ0n) is 11.0. The molecule has 1 unspecified atom stereocenters. The maximum absolute atomic E-state index is 12.9. The lowest BCUT2D eigenvalue weighted by Crippen LogP contribution is -2.12. The van der Waals surface area contributed by atoms with Gasteiger partial charge in [0.25, 0.3) is 0 Å². The molecule has 0 aliphatic carbocycles. The Hall–Kier alpha value is -1.89. The van der Waals surface area contributed by atoms with E-state index in [1.807, 2.05) is 6.92 Å². The predicted octanol–water partition coefficient (Wildman–Crippen LogP) is 2.96. The number of nitrogens with zero attached hydrogens (tertiary/aromatic N) is 2. The summed E-state index contributed by atoms with van der Waals surface area (Å²) in [7, 11) is 1.73. The molecule has 0 saturated carbocycles. The van der Waals surface area contributed by atoms with E-state index in [1.54, 1.807) is 13.1 Å². The molecule has 4 nitrogen and oxygen atoms in total. The van der Waals surface area contributed by atoms with Crippen molar-refractivity contribution >= 4 is 0 Å². The molecule has 0 aliphatic heterocycles. The number of benzene rings is 1. The standard InChI is InChI=1S/C13H14F3N3O/c1-8(17-2)12-18-11(19-20-12)7-9-5-3-4-6-10(9)13(14,15)16/h3-6,8,17H,7H2,1-2H3. The number of rotatable bonds is 4. The molecule has 2 aromatic rings. The van der Waals surface area contributed by atoms with E-state index in [1.165, 1.54) is 12.1 Å². The van der Waals surface area contributed by atoms with E-state index >= 15 is 0 Å². The van der Waals surface area contributed by atoms with Crippen LogP contribution in [0, 0.1) is 0 Å². The number of aromatic nitrogens is 2. The van der Waals surface area contributed by atoms with Crippen molar-refractivity contribution in [2.75, 3.05) is 7.05 Å². The number of hydrogen-bond acceptors (Lipinski definition) is 4. The molecule has 0 radical (unpaired) electrons. The number of alkyl halides is 3. The van der Waals surface area contributed by atoms with Gasteiger partial charge in [-0.05, 0) is 25.6 Å². The lowest BCUT2D eigenvalue weighted by atomic mass is 10.0. The van der Waals surface area contributed by atoms with Crippen molar-refractivity contribution in [1.82, 2.24) is 15.5 Å². The first-order valence-electron chi connectivity index (χ1n) is 6.06. The molecule has 1 N–H and O–H groups in total. The predicted molar refractivity (Wildman–Crippen MR) is 66.0 cm³/mol. The second-order valence-electron chi connectivity index (χ2n) is 4.39. The van der Waals surface area contributed by atoms with Crippen LogP contribution in [0.15, 0.2) is 28.8 Å². The van der Waals surface area contributed by atoms with Gasteiger partial charge in [-0.25, -0.2) is 0 Å². The van der Waals surface area contributed by atoms with Crippen LogP contribution in [0.4, 0.5) is 13.2 Å². The summed E-state index contributed by atoms with van der Waals surface area (Å²) in [6.07, 6.45) is -4.41. The monoisotopic (exact) mass is 285 g/mol. The fraction of sp³-hybridized carbons (Fsp3) is 0.385. The number of nitrogens with one attached hydrogen (secondary N) is 1. The second kappa shape index (κ2) is 5.62. The Labute approximate surface area is 114 Å². The quantitative estimate of drug-likeness (QED) is 0.938. The molecular weight excluding hydrogens is 271 g/mol. The van der Waals surface area contributed by atoms with Crippen LogP contribution in [0.5, 0.6) is 0 Å². The maximum Gasteiger partial charge on any atom is 0.416 e. The molecular formula is C13H14F3N3O. The van der Waals surface area contributed by atoms with Crippen LogP contribution in [0.2, 0.25) is 0 Å². The Morgan fingerprint density at radius 3 is 2.65 bits per heavy atom. The van der Waals surface area contributed by atoms with Crippen LogP contribution in [0.25, 0.3) is 0 Å². The third-order valence-corrected chi connectivity index (χ3v) is 2.96. The van der Waals surface area contributed by atoms with Gasteiger partial charge in [0, 0.05) is 6.42 Å². The van der Waals surface area contributed by atoms with Gasteiger partial charge in [-0.15, -0.1) is 0 Å². The van der Waals surface area contributed by atoms with Crippen LogP contribution in [0.3, 0.4) is 0 Å². The first-order chi connectivity index (χ1) is 9.41. The summed E-state index contributed by atoms with van der Waals surface area (Å²) < 4.78 is 43.6. The minimum atomic E-state index is -4.39. The molecule has 7 heteroatoms. The highest BCUT2D eigenvalue weighted by Gasteiger charge is 2.33. The van der Waals surface area contributed by atoms with Gasteiger partial charge in [0.2, 0.25) is 5.89 Å². The van der Waals surface area contributed by atoms with Crippen molar-refractivity contribution in [1.29, 1.82) is 0 Å². The van der Waals surface area contributed by atoms with Crippen LogP contribution < -0.4 is 5.32 Å². The second-order valence-corrected chi connectivity index (χ2v) is 4.39. The number of hydrogen-bond donors (Lipinski definition) is 1. The molecule has 0 amide bonds. The first-order valence-corrected chi connectivity index (χ1v) is 6.06. The van der Waals surface area contributed by atoms with Gasteiger partial charge < -0.3 is 9.84 Å². The highest BCUT2D eigenvalue weighted by atomic mass is 19.4. The third-order valence-electron chi connectivity index (χ3n) is 2.96. The summed E-state index contributed by atoms with van der Waals surface area (Å²) in [6, 6.07) is 5.24. The zero-order chi connectivity index (χ0) is 14.8. The average Bonchev–Trinajstić information content (AvgIpc) is 2.86. The van der Waals surface area contributed by atoms with Crippen LogP contribution in [-0.4, -0.2) is 17.2 Å². The van der Waals surface area contributed by atoms with E-state index in [2.05, 4.69) is 15.5 Å². The van der Waals surface area contributed by atoms with Gasteiger partial charge in [0.05, 0.1) is 11.6 Å². The van der Waals surface area contributed by atoms with Crippen molar-refractivity contribution in [2.24, 2.45) is 0 Å². The molecule has 1 atom stereocenters. The molecule has 108 valence electrons. The van der Waals surface area contributed by atoms with Crippen LogP contribution in [-0.2, 0) is 12.6 Å². The first kappa shape index (κ1) is 14.5.